The molecular weight excluding hydrogens is 242 g/mol. The van der Waals surface area contributed by atoms with Gasteiger partial charge in [0.05, 0.1) is 6.10 Å². The van der Waals surface area contributed by atoms with Crippen molar-refractivity contribution in [1.29, 1.82) is 0 Å². The van der Waals surface area contributed by atoms with Crippen molar-refractivity contribution >= 4 is 16.2 Å². The molecule has 6 N–H and O–H groups in total. The normalized spacial score (nSPS) is 16.2. The maximum Gasteiger partial charge on any atom is 0.320 e. The van der Waals surface area contributed by atoms with E-state index in [1.807, 2.05) is 0 Å². The molecule has 1 unspecified atom stereocenters. The van der Waals surface area contributed by atoms with Crippen LogP contribution in [-0.2, 0) is 4.79 Å². The van der Waals surface area contributed by atoms with Crippen LogP contribution in [0.25, 0.3) is 0 Å². The van der Waals surface area contributed by atoms with Gasteiger partial charge in [0.15, 0.2) is 11.5 Å². The first-order valence-electron chi connectivity index (χ1n) is 4.74. The van der Waals surface area contributed by atoms with E-state index >= 15 is 0 Å². The van der Waals surface area contributed by atoms with E-state index in [2.05, 4.69) is 10.2 Å². The van der Waals surface area contributed by atoms with Gasteiger partial charge in [0, 0.05) is 15.8 Å². The molecule has 0 aliphatic heterocycles. The van der Waals surface area contributed by atoms with Crippen LogP contribution in [0.2, 0.25) is 5.54 Å². The third-order valence-corrected chi connectivity index (χ3v) is 3.03. The van der Waals surface area contributed by atoms with Crippen LogP contribution < -0.4 is 5.73 Å². The minimum atomic E-state index is -1.29. The fourth-order valence-corrected chi connectivity index (χ4v) is 1.62. The van der Waals surface area contributed by atoms with Crippen molar-refractivity contribution in [3.05, 3.63) is 23.8 Å². The van der Waals surface area contributed by atoms with Gasteiger partial charge in [-0.25, -0.2) is 0 Å². The molecule has 0 saturated carbocycles. The lowest BCUT2D eigenvalue weighted by molar-refractivity contribution is -0.139. The van der Waals surface area contributed by atoms with Gasteiger partial charge in [-0.3, -0.25) is 4.79 Å². The number of benzene rings is 1. The quantitative estimate of drug-likeness (QED) is 0.364. The second-order valence-electron chi connectivity index (χ2n) is 3.58. The van der Waals surface area contributed by atoms with Crippen molar-refractivity contribution in [2.45, 2.75) is 17.7 Å². The Balaban J connectivity index is 2.92. The molecule has 0 aliphatic rings. The molecule has 7 heteroatoms. The Hall–Kier alpha value is -1.57. The monoisotopic (exact) mass is 254 g/mol. The fraction of sp³-hybridized carbons (Fsp3) is 0.300. The van der Waals surface area contributed by atoms with Crippen LogP contribution in [0.5, 0.6) is 11.5 Å². The van der Waals surface area contributed by atoms with Crippen LogP contribution >= 0.6 is 0 Å². The van der Waals surface area contributed by atoms with Gasteiger partial charge in [0.2, 0.25) is 0 Å². The first kappa shape index (κ1) is 13.5. The molecule has 1 aromatic rings. The Kier molecular flexibility index (Phi) is 4.10. The second kappa shape index (κ2) is 5.17. The van der Waals surface area contributed by atoms with Crippen LogP contribution in [0, 0.1) is 0 Å². The summed E-state index contributed by atoms with van der Waals surface area (Å²) in [5.74, 6) is -1.98. The Morgan fingerprint density at radius 2 is 1.88 bits per heavy atom. The molecule has 0 amide bonds. The van der Waals surface area contributed by atoms with E-state index < -0.39 is 29.4 Å². The molecule has 0 aliphatic carbocycles. The van der Waals surface area contributed by atoms with E-state index in [4.69, 9.17) is 15.9 Å². The fourth-order valence-electron chi connectivity index (χ4n) is 1.28. The largest absolute Gasteiger partial charge is 0.504 e. The van der Waals surface area contributed by atoms with Gasteiger partial charge in [-0.2, -0.15) is 0 Å². The number of aliphatic hydroxyl groups is 1. The van der Waals surface area contributed by atoms with Crippen LogP contribution in [0.1, 0.15) is 11.7 Å². The van der Waals surface area contributed by atoms with E-state index in [1.54, 1.807) is 0 Å². The van der Waals surface area contributed by atoms with E-state index in [0.29, 0.717) is 0 Å². The Morgan fingerprint density at radius 1 is 1.29 bits per heavy atom. The Bertz CT molecular complexity index is 425. The summed E-state index contributed by atoms with van der Waals surface area (Å²) in [6.45, 7) is 0. The third kappa shape index (κ3) is 2.96. The molecule has 3 radical (unpaired) electrons. The van der Waals surface area contributed by atoms with E-state index in [9.17, 15) is 15.0 Å². The number of carboxylic acid groups (broad SMARTS) is 1. The SMILES string of the molecule is N[C@H](C(=O)O)C([Si])[C@H](O)c1ccc(O)c(O)c1. The first-order chi connectivity index (χ1) is 7.84. The number of hydrogen-bond donors (Lipinski definition) is 5. The number of hydrogen-bond acceptors (Lipinski definition) is 5. The Morgan fingerprint density at radius 3 is 2.35 bits per heavy atom. The summed E-state index contributed by atoms with van der Waals surface area (Å²) >= 11 is 0. The number of phenols is 2. The van der Waals surface area contributed by atoms with Gasteiger partial charge in [0.25, 0.3) is 0 Å². The van der Waals surface area contributed by atoms with E-state index in [-0.39, 0.29) is 11.3 Å². The van der Waals surface area contributed by atoms with Gasteiger partial charge in [-0.15, -0.1) is 0 Å². The number of aliphatic carboxylic acids is 1. The lowest BCUT2D eigenvalue weighted by atomic mass is 10.0. The highest BCUT2D eigenvalue weighted by atomic mass is 28.1. The number of carboxylic acids is 1. The number of aromatic hydroxyl groups is 2. The summed E-state index contributed by atoms with van der Waals surface area (Å²) in [5, 5.41) is 36.9. The highest BCUT2D eigenvalue weighted by Gasteiger charge is 2.28. The third-order valence-electron chi connectivity index (χ3n) is 2.35. The molecule has 0 aromatic heterocycles. The van der Waals surface area contributed by atoms with Crippen molar-refractivity contribution in [2.75, 3.05) is 0 Å². The molecule has 1 aromatic carbocycles. The predicted molar refractivity (Wildman–Crippen MR) is 59.8 cm³/mol. The lowest BCUT2D eigenvalue weighted by Gasteiger charge is -2.22. The number of phenolic OH excluding ortho intramolecular Hbond substituents is 2. The topological polar surface area (TPSA) is 124 Å². The summed E-state index contributed by atoms with van der Waals surface area (Å²) in [5.41, 5.74) is 4.67. The van der Waals surface area contributed by atoms with Crippen LogP contribution in [0.4, 0.5) is 0 Å². The molecule has 91 valence electrons. The molecular formula is C10H12NO5Si. The van der Waals surface area contributed by atoms with Gasteiger partial charge < -0.3 is 26.2 Å². The zero-order valence-corrected chi connectivity index (χ0v) is 9.74. The lowest BCUT2D eigenvalue weighted by Crippen LogP contribution is -2.37. The van der Waals surface area contributed by atoms with E-state index in [1.165, 1.54) is 12.1 Å². The molecule has 0 saturated heterocycles. The molecule has 17 heavy (non-hydrogen) atoms. The first-order valence-corrected chi connectivity index (χ1v) is 5.31. The molecule has 0 bridgehead atoms. The van der Waals surface area contributed by atoms with Crippen LogP contribution in [0.15, 0.2) is 18.2 Å². The van der Waals surface area contributed by atoms with Crippen molar-refractivity contribution in [1.82, 2.24) is 0 Å². The minimum Gasteiger partial charge on any atom is -0.504 e. The summed E-state index contributed by atoms with van der Waals surface area (Å²) in [7, 11) is 3.04. The second-order valence-corrected chi connectivity index (χ2v) is 4.25. The van der Waals surface area contributed by atoms with Crippen molar-refractivity contribution in [3.63, 3.8) is 0 Å². The zero-order valence-electron chi connectivity index (χ0n) is 8.74. The molecule has 1 rings (SSSR count). The highest BCUT2D eigenvalue weighted by Crippen LogP contribution is 2.32. The number of nitrogens with two attached hydrogens (primary N) is 1. The van der Waals surface area contributed by atoms with Crippen LogP contribution in [-0.4, -0.2) is 42.7 Å². The summed E-state index contributed by atoms with van der Waals surface area (Å²) in [4.78, 5) is 10.6. The number of rotatable bonds is 4. The zero-order chi connectivity index (χ0) is 13.2. The molecule has 3 atom stereocenters. The summed E-state index contributed by atoms with van der Waals surface area (Å²) in [6.07, 6.45) is -1.22. The van der Waals surface area contributed by atoms with Gasteiger partial charge in [-0.1, -0.05) is 6.07 Å². The average Bonchev–Trinajstić information content (AvgIpc) is 2.29. The Labute approximate surface area is 101 Å². The van der Waals surface area contributed by atoms with Crippen molar-refractivity contribution in [2.24, 2.45) is 5.73 Å². The van der Waals surface area contributed by atoms with Gasteiger partial charge in [-0.05, 0) is 17.7 Å². The van der Waals surface area contributed by atoms with Gasteiger partial charge in [0.1, 0.15) is 6.04 Å². The highest BCUT2D eigenvalue weighted by molar-refractivity contribution is 6.14. The van der Waals surface area contributed by atoms with E-state index in [0.717, 1.165) is 6.07 Å². The predicted octanol–water partition coefficient (Wildman–Crippen LogP) is -0.500. The maximum atomic E-state index is 10.6. The molecule has 0 heterocycles. The molecule has 6 nitrogen and oxygen atoms in total. The summed E-state index contributed by atoms with van der Waals surface area (Å²) < 4.78 is 0. The summed E-state index contributed by atoms with van der Waals surface area (Å²) in [6, 6.07) is 2.40. The smallest absolute Gasteiger partial charge is 0.320 e. The van der Waals surface area contributed by atoms with Gasteiger partial charge >= 0.3 is 5.97 Å². The molecule has 0 fully saturated rings. The van der Waals surface area contributed by atoms with Crippen LogP contribution in [0.3, 0.4) is 0 Å². The maximum absolute atomic E-state index is 10.6. The van der Waals surface area contributed by atoms with Crippen molar-refractivity contribution in [3.8, 4) is 11.5 Å². The standard InChI is InChI=1S/C10H12NO5Si/c11-7(10(15)16)9(17)8(14)4-1-2-5(12)6(13)3-4/h1-3,7-9,12-14H,11H2,(H,15,16)/t7-,8+,9?/m0/s1. The molecule has 0 spiro atoms. The average molecular weight is 254 g/mol. The van der Waals surface area contributed by atoms with Crippen molar-refractivity contribution < 1.29 is 25.2 Å². The number of carbonyl (C=O) groups is 1. The minimum absolute atomic E-state index is 0.247. The number of aliphatic hydroxyl groups excluding tert-OH is 1.